The topological polar surface area (TPSA) is 180 Å². The average molecular weight is 880 g/mol. The molecule has 11 rings (SSSR count). The van der Waals surface area contributed by atoms with Crippen LogP contribution in [0, 0.1) is 24.7 Å². The molecule has 65 heavy (non-hydrogen) atoms. The predicted octanol–water partition coefficient (Wildman–Crippen LogP) is 4.64. The molecule has 1 unspecified atom stereocenters. The molecule has 8 heterocycles. The number of piperidine rings is 2. The fraction of sp³-hybridized carbons (Fsp3) is 0.458. The zero-order valence-electron chi connectivity index (χ0n) is 36.8. The Labute approximate surface area is 376 Å². The van der Waals surface area contributed by atoms with E-state index in [1.54, 1.807) is 35.1 Å². The number of rotatable bonds is 5. The van der Waals surface area contributed by atoms with Gasteiger partial charge in [0.1, 0.15) is 6.04 Å². The van der Waals surface area contributed by atoms with Crippen LogP contribution in [0.4, 0.5) is 17.3 Å². The lowest BCUT2D eigenvalue weighted by Gasteiger charge is -2.40. The molecule has 0 spiro atoms. The van der Waals surface area contributed by atoms with Crippen LogP contribution in [0.3, 0.4) is 0 Å². The van der Waals surface area contributed by atoms with Crippen LogP contribution < -0.4 is 25.2 Å². The van der Waals surface area contributed by atoms with Crippen LogP contribution >= 0.6 is 0 Å². The highest BCUT2D eigenvalue weighted by atomic mass is 16.5. The molecule has 0 radical (unpaired) electrons. The zero-order valence-corrected chi connectivity index (χ0v) is 36.8. The van der Waals surface area contributed by atoms with Crippen molar-refractivity contribution in [3.63, 3.8) is 0 Å². The summed E-state index contributed by atoms with van der Waals surface area (Å²) in [6.45, 7) is 9.72. The lowest BCUT2D eigenvalue weighted by atomic mass is 9.95. The van der Waals surface area contributed by atoms with E-state index in [0.717, 1.165) is 123 Å². The van der Waals surface area contributed by atoms with Gasteiger partial charge in [-0.2, -0.15) is 5.10 Å². The smallest absolute Gasteiger partial charge is 0.262 e. The van der Waals surface area contributed by atoms with Crippen LogP contribution in [0.5, 0.6) is 5.88 Å². The van der Waals surface area contributed by atoms with Crippen LogP contribution in [0.15, 0.2) is 54.7 Å². The quantitative estimate of drug-likeness (QED) is 0.234. The fourth-order valence-corrected chi connectivity index (χ4v) is 11.0. The number of hydrogen-bond donors (Lipinski definition) is 2. The molecule has 5 aliphatic heterocycles. The van der Waals surface area contributed by atoms with Crippen molar-refractivity contribution >= 4 is 57.9 Å². The minimum Gasteiger partial charge on any atom is -0.477 e. The minimum absolute atomic E-state index is 0.0931. The SMILES string of the molecule is Cc1cc2cc(n1)-c1cnn(C)c1OC[C@H]1CC[C@H](C1)Cn1c(nc3ccc(N4CCN(CC5CCN(c6ccc7c(c6)C(=O)N(C6CCC(=O)NC6=O)C7=O)CC5)CC4)cc31)NC2=O. The molecule has 17 heteroatoms. The highest BCUT2D eigenvalue weighted by Gasteiger charge is 2.45. The van der Waals surface area contributed by atoms with Gasteiger partial charge in [0.05, 0.1) is 46.2 Å². The van der Waals surface area contributed by atoms with Gasteiger partial charge in [0, 0.05) is 88.5 Å². The number of anilines is 3. The number of aromatic nitrogens is 5. The lowest BCUT2D eigenvalue weighted by Crippen LogP contribution is -2.54. The summed E-state index contributed by atoms with van der Waals surface area (Å²) in [7, 11) is 1.87. The van der Waals surface area contributed by atoms with Gasteiger partial charge in [-0.25, -0.2) is 9.67 Å². The first-order chi connectivity index (χ1) is 31.5. The van der Waals surface area contributed by atoms with Gasteiger partial charge in [-0.1, -0.05) is 0 Å². The second-order valence-electron chi connectivity index (χ2n) is 18.8. The first-order valence-electron chi connectivity index (χ1n) is 23.1. The molecule has 2 N–H and O–H groups in total. The minimum atomic E-state index is -0.974. The Morgan fingerprint density at radius 2 is 1.51 bits per heavy atom. The van der Waals surface area contributed by atoms with Gasteiger partial charge in [-0.3, -0.25) is 49.4 Å². The van der Waals surface area contributed by atoms with Crippen molar-refractivity contribution < 1.29 is 28.7 Å². The molecule has 3 aromatic heterocycles. The number of hydrogen-bond acceptors (Lipinski definition) is 12. The van der Waals surface area contributed by atoms with Crippen molar-refractivity contribution in [1.29, 1.82) is 0 Å². The Morgan fingerprint density at radius 3 is 2.32 bits per heavy atom. The third-order valence-corrected chi connectivity index (χ3v) is 14.5. The van der Waals surface area contributed by atoms with E-state index in [9.17, 15) is 24.0 Å². The number of piperazine rings is 1. The molecule has 336 valence electrons. The van der Waals surface area contributed by atoms with Gasteiger partial charge in [-0.15, -0.1) is 0 Å². The van der Waals surface area contributed by atoms with E-state index in [1.807, 2.05) is 20.0 Å². The summed E-state index contributed by atoms with van der Waals surface area (Å²) in [6.07, 6.45) is 7.20. The lowest BCUT2D eigenvalue weighted by molar-refractivity contribution is -0.136. The van der Waals surface area contributed by atoms with Crippen LogP contribution in [-0.4, -0.2) is 122 Å². The third-order valence-electron chi connectivity index (χ3n) is 14.5. The molecule has 5 aromatic rings. The van der Waals surface area contributed by atoms with E-state index in [4.69, 9.17) is 14.7 Å². The number of carbonyl (C=O) groups excluding carboxylic acids is 5. The molecule has 3 atom stereocenters. The summed E-state index contributed by atoms with van der Waals surface area (Å²) in [5.74, 6) is 0.405. The van der Waals surface area contributed by atoms with E-state index in [1.165, 1.54) is 0 Å². The zero-order chi connectivity index (χ0) is 44.5. The number of fused-ring (bicyclic) bond motifs is 10. The van der Waals surface area contributed by atoms with Crippen molar-refractivity contribution in [2.45, 2.75) is 64.5 Å². The molecule has 6 aliphatic rings. The van der Waals surface area contributed by atoms with Gasteiger partial charge < -0.3 is 19.1 Å². The van der Waals surface area contributed by atoms with Crippen molar-refractivity contribution in [1.82, 2.24) is 39.4 Å². The molecule has 2 aromatic carbocycles. The highest BCUT2D eigenvalue weighted by Crippen LogP contribution is 2.38. The maximum Gasteiger partial charge on any atom is 0.262 e. The highest BCUT2D eigenvalue weighted by molar-refractivity contribution is 6.23. The van der Waals surface area contributed by atoms with Crippen LogP contribution in [-0.2, 0) is 23.2 Å². The number of imide groups is 2. The molecule has 1 aliphatic carbocycles. The summed E-state index contributed by atoms with van der Waals surface area (Å²) in [5.41, 5.74) is 7.20. The molecular formula is C48H53N11O6. The molecule has 3 saturated heterocycles. The van der Waals surface area contributed by atoms with Crippen molar-refractivity contribution in [3.05, 3.63) is 77.1 Å². The van der Waals surface area contributed by atoms with Gasteiger partial charge in [0.2, 0.25) is 23.6 Å². The van der Waals surface area contributed by atoms with Crippen LogP contribution in [0.1, 0.15) is 81.7 Å². The number of pyridine rings is 1. The van der Waals surface area contributed by atoms with Gasteiger partial charge in [-0.05, 0) is 112 Å². The van der Waals surface area contributed by atoms with E-state index >= 15 is 0 Å². The number of aryl methyl sites for hydroxylation is 2. The van der Waals surface area contributed by atoms with Crippen LogP contribution in [0.25, 0.3) is 22.3 Å². The fourth-order valence-electron chi connectivity index (χ4n) is 11.0. The number of imidazole rings is 1. The number of carbonyl (C=O) groups is 5. The first kappa shape index (κ1) is 41.1. The monoisotopic (exact) mass is 879 g/mol. The van der Waals surface area contributed by atoms with E-state index in [-0.39, 0.29) is 24.7 Å². The molecule has 5 amide bonds. The van der Waals surface area contributed by atoms with E-state index in [2.05, 4.69) is 53.2 Å². The maximum absolute atomic E-state index is 14.0. The molecule has 4 fully saturated rings. The normalized spacial score (nSPS) is 23.1. The van der Waals surface area contributed by atoms with Crippen molar-refractivity contribution in [2.75, 3.05) is 67.5 Å². The second-order valence-corrected chi connectivity index (χ2v) is 18.8. The van der Waals surface area contributed by atoms with Gasteiger partial charge in [0.25, 0.3) is 17.7 Å². The predicted molar refractivity (Wildman–Crippen MR) is 242 cm³/mol. The van der Waals surface area contributed by atoms with Crippen molar-refractivity contribution in [3.8, 4) is 17.1 Å². The summed E-state index contributed by atoms with van der Waals surface area (Å²) < 4.78 is 10.4. The standard InChI is InChI=1S/C48H53N11O6/c1-28-19-32-21-39(50-28)37-24-49-54(2)47(37)65-27-31-4-3-30(20-31)26-58-41-23-34(6-8-38(41)51-48(58)53-43(32)61)57-17-15-55(16-18-57)25-29-11-13-56(14-12-29)33-5-7-35-36(22-33)46(64)59(45(35)63)40-9-10-42(60)52-44(40)62/h5-8,19,21-24,29-31,40H,3-4,9-18,20,25-27H2,1-2H3,(H,51,53,61)(H,52,60,62)/t30-,31+,40?/m1/s1. The Bertz CT molecular complexity index is 2760. The van der Waals surface area contributed by atoms with E-state index in [0.29, 0.717) is 58.6 Å². The Balaban J connectivity index is 0.739. The van der Waals surface area contributed by atoms with Gasteiger partial charge in [0.15, 0.2) is 0 Å². The Kier molecular flexibility index (Phi) is 10.4. The largest absolute Gasteiger partial charge is 0.477 e. The summed E-state index contributed by atoms with van der Waals surface area (Å²) in [4.78, 5) is 82.9. The maximum atomic E-state index is 14.0. The summed E-state index contributed by atoms with van der Waals surface area (Å²) >= 11 is 0. The average Bonchev–Trinajstić information content (AvgIpc) is 4.06. The van der Waals surface area contributed by atoms with E-state index < -0.39 is 23.8 Å². The molecule has 4 bridgehead atoms. The number of ether oxygens (including phenoxy) is 1. The summed E-state index contributed by atoms with van der Waals surface area (Å²) in [6, 6.07) is 14.5. The number of benzene rings is 2. The summed E-state index contributed by atoms with van der Waals surface area (Å²) in [5, 5.41) is 9.91. The Morgan fingerprint density at radius 1 is 0.754 bits per heavy atom. The van der Waals surface area contributed by atoms with Crippen molar-refractivity contribution in [2.24, 2.45) is 24.8 Å². The third kappa shape index (κ3) is 7.68. The van der Waals surface area contributed by atoms with Crippen LogP contribution in [0.2, 0.25) is 0 Å². The van der Waals surface area contributed by atoms with Gasteiger partial charge >= 0.3 is 0 Å². The first-order valence-corrected chi connectivity index (χ1v) is 23.1. The number of amides is 5. The molecule has 1 saturated carbocycles. The Hall–Kier alpha value is -6.62. The number of nitrogens with zero attached hydrogens (tertiary/aromatic N) is 9. The molecule has 17 nitrogen and oxygen atoms in total. The number of nitrogens with one attached hydrogen (secondary N) is 2. The molecular weight excluding hydrogens is 827 g/mol. The second kappa shape index (κ2) is 16.4.